The maximum Gasteiger partial charge on any atom is 0.387 e. The molecule has 0 aliphatic carbocycles. The number of benzene rings is 2. The number of anilines is 1. The van der Waals surface area contributed by atoms with Gasteiger partial charge in [0.15, 0.2) is 0 Å². The van der Waals surface area contributed by atoms with Crippen molar-refractivity contribution >= 4 is 17.7 Å². The number of hydrogen-bond acceptors (Lipinski definition) is 3. The number of alkyl halides is 2. The quantitative estimate of drug-likeness (QED) is 0.846. The molecule has 0 saturated carbocycles. The lowest BCUT2D eigenvalue weighted by molar-refractivity contribution is -0.111. The van der Waals surface area contributed by atoms with Crippen LogP contribution in [0.1, 0.15) is 11.1 Å². The second-order valence-corrected chi connectivity index (χ2v) is 5.16. The van der Waals surface area contributed by atoms with E-state index in [-0.39, 0.29) is 11.4 Å². The van der Waals surface area contributed by atoms with Crippen molar-refractivity contribution in [3.05, 3.63) is 59.7 Å². The molecule has 2 aromatic carbocycles. The highest BCUT2D eigenvalue weighted by Crippen LogP contribution is 2.27. The molecule has 0 radical (unpaired) electrons. The predicted octanol–water partition coefficient (Wildman–Crippen LogP) is 3.87. The summed E-state index contributed by atoms with van der Waals surface area (Å²) < 4.78 is 34.5. The average molecular weight is 331 g/mol. The lowest BCUT2D eigenvalue weighted by Crippen LogP contribution is -2.11. The van der Waals surface area contributed by atoms with Crippen LogP contribution in [0, 0.1) is 0 Å². The third kappa shape index (κ3) is 3.90. The highest BCUT2D eigenvalue weighted by Gasteiger charge is 2.12. The van der Waals surface area contributed by atoms with Gasteiger partial charge in [0.2, 0.25) is 5.91 Å². The van der Waals surface area contributed by atoms with Gasteiger partial charge in [-0.2, -0.15) is 8.78 Å². The van der Waals surface area contributed by atoms with Gasteiger partial charge in [0.05, 0.1) is 12.3 Å². The Morgan fingerprint density at radius 2 is 2.08 bits per heavy atom. The molecule has 24 heavy (non-hydrogen) atoms. The van der Waals surface area contributed by atoms with E-state index in [1.165, 1.54) is 18.2 Å². The highest BCUT2D eigenvalue weighted by molar-refractivity contribution is 6.02. The zero-order valence-electron chi connectivity index (χ0n) is 12.7. The summed E-state index contributed by atoms with van der Waals surface area (Å²) in [5.41, 5.74) is 2.16. The van der Waals surface area contributed by atoms with Gasteiger partial charge in [-0.05, 0) is 41.5 Å². The number of fused-ring (bicyclic) bond motifs is 1. The SMILES string of the molecule is O=C(/C=C/c1ccc2c(c1)CCO2)Nc1ccccc1OC(F)F. The zero-order chi connectivity index (χ0) is 16.9. The smallest absolute Gasteiger partial charge is 0.387 e. The first-order valence-corrected chi connectivity index (χ1v) is 7.40. The first kappa shape index (κ1) is 16.0. The Bertz CT molecular complexity index is 775. The van der Waals surface area contributed by atoms with E-state index in [0.29, 0.717) is 6.61 Å². The molecule has 1 N–H and O–H groups in total. The standard InChI is InChI=1S/C18H15F2NO3/c19-18(20)24-16-4-2-1-3-14(16)21-17(22)8-6-12-5-7-15-13(11-12)9-10-23-15/h1-8,11,18H,9-10H2,(H,21,22)/b8-6+. The van der Waals surface area contributed by atoms with Crippen molar-refractivity contribution in [1.29, 1.82) is 0 Å². The number of amides is 1. The van der Waals surface area contributed by atoms with Crippen LogP contribution in [0.5, 0.6) is 11.5 Å². The van der Waals surface area contributed by atoms with Gasteiger partial charge < -0.3 is 14.8 Å². The lowest BCUT2D eigenvalue weighted by Gasteiger charge is -2.10. The van der Waals surface area contributed by atoms with E-state index in [9.17, 15) is 13.6 Å². The fourth-order valence-corrected chi connectivity index (χ4v) is 2.43. The van der Waals surface area contributed by atoms with Crippen molar-refractivity contribution in [2.24, 2.45) is 0 Å². The molecule has 1 amide bonds. The summed E-state index contributed by atoms with van der Waals surface area (Å²) in [5.74, 6) is 0.357. The second-order valence-electron chi connectivity index (χ2n) is 5.16. The molecule has 0 aromatic heterocycles. The first-order chi connectivity index (χ1) is 11.6. The summed E-state index contributed by atoms with van der Waals surface area (Å²) in [7, 11) is 0. The fraction of sp³-hybridized carbons (Fsp3) is 0.167. The Kier molecular flexibility index (Phi) is 4.74. The molecule has 0 fully saturated rings. The number of rotatable bonds is 5. The molecule has 0 unspecified atom stereocenters. The van der Waals surface area contributed by atoms with Gasteiger partial charge >= 0.3 is 6.61 Å². The molecule has 4 nitrogen and oxygen atoms in total. The number of para-hydroxylation sites is 2. The molecule has 3 rings (SSSR count). The van der Waals surface area contributed by atoms with Crippen LogP contribution in [0.25, 0.3) is 6.08 Å². The van der Waals surface area contributed by atoms with Crippen LogP contribution in [0.2, 0.25) is 0 Å². The maximum absolute atomic E-state index is 12.4. The number of ether oxygens (including phenoxy) is 2. The van der Waals surface area contributed by atoms with Gasteiger partial charge in [0.1, 0.15) is 11.5 Å². The molecule has 1 aliphatic rings. The molecule has 1 heterocycles. The van der Waals surface area contributed by atoms with Gasteiger partial charge in [-0.1, -0.05) is 18.2 Å². The lowest BCUT2D eigenvalue weighted by atomic mass is 10.1. The monoisotopic (exact) mass is 331 g/mol. The Morgan fingerprint density at radius 1 is 1.25 bits per heavy atom. The minimum absolute atomic E-state index is 0.0797. The van der Waals surface area contributed by atoms with Crippen molar-refractivity contribution in [1.82, 2.24) is 0 Å². The van der Waals surface area contributed by atoms with Crippen LogP contribution in [0.4, 0.5) is 14.5 Å². The van der Waals surface area contributed by atoms with Crippen molar-refractivity contribution < 1.29 is 23.0 Å². The molecule has 0 spiro atoms. The Morgan fingerprint density at radius 3 is 2.92 bits per heavy atom. The number of carbonyl (C=O) groups is 1. The average Bonchev–Trinajstić information content (AvgIpc) is 3.02. The summed E-state index contributed by atoms with van der Waals surface area (Å²) in [6.07, 6.45) is 3.85. The largest absolute Gasteiger partial charge is 0.493 e. The van der Waals surface area contributed by atoms with Crippen molar-refractivity contribution in [2.75, 3.05) is 11.9 Å². The van der Waals surface area contributed by atoms with Gasteiger partial charge in [-0.15, -0.1) is 0 Å². The molecule has 2 aromatic rings. The van der Waals surface area contributed by atoms with Crippen LogP contribution < -0.4 is 14.8 Å². The van der Waals surface area contributed by atoms with Crippen molar-refractivity contribution in [3.8, 4) is 11.5 Å². The fourth-order valence-electron chi connectivity index (χ4n) is 2.43. The minimum atomic E-state index is -2.95. The molecular formula is C18H15F2NO3. The van der Waals surface area contributed by atoms with Crippen molar-refractivity contribution in [3.63, 3.8) is 0 Å². The first-order valence-electron chi connectivity index (χ1n) is 7.40. The van der Waals surface area contributed by atoms with Crippen molar-refractivity contribution in [2.45, 2.75) is 13.0 Å². The summed E-state index contributed by atoms with van der Waals surface area (Å²) >= 11 is 0. The van der Waals surface area contributed by atoms with Crippen LogP contribution in [-0.4, -0.2) is 19.1 Å². The molecule has 124 valence electrons. The predicted molar refractivity (Wildman–Crippen MR) is 86.4 cm³/mol. The molecule has 0 atom stereocenters. The van der Waals surface area contributed by atoms with E-state index in [1.54, 1.807) is 18.2 Å². The number of hydrogen-bond donors (Lipinski definition) is 1. The van der Waals surface area contributed by atoms with Gasteiger partial charge in [0, 0.05) is 12.5 Å². The maximum atomic E-state index is 12.4. The second kappa shape index (κ2) is 7.12. The summed E-state index contributed by atoms with van der Waals surface area (Å²) in [4.78, 5) is 12.0. The minimum Gasteiger partial charge on any atom is -0.493 e. The Labute approximate surface area is 137 Å². The third-order valence-electron chi connectivity index (χ3n) is 3.50. The molecule has 0 saturated heterocycles. The van der Waals surface area contributed by atoms with E-state index < -0.39 is 12.5 Å². The molecular weight excluding hydrogens is 316 g/mol. The van der Waals surface area contributed by atoms with E-state index in [2.05, 4.69) is 10.1 Å². The Hall–Kier alpha value is -2.89. The van der Waals surface area contributed by atoms with Gasteiger partial charge in [-0.25, -0.2) is 0 Å². The normalized spacial score (nSPS) is 13.0. The van der Waals surface area contributed by atoms with E-state index in [0.717, 1.165) is 23.3 Å². The van der Waals surface area contributed by atoms with Crippen LogP contribution in [-0.2, 0) is 11.2 Å². The molecule has 6 heteroatoms. The summed E-state index contributed by atoms with van der Waals surface area (Å²) in [6, 6.07) is 11.7. The third-order valence-corrected chi connectivity index (χ3v) is 3.50. The highest BCUT2D eigenvalue weighted by atomic mass is 19.3. The molecule has 1 aliphatic heterocycles. The van der Waals surface area contributed by atoms with Crippen LogP contribution in [0.3, 0.4) is 0 Å². The summed E-state index contributed by atoms with van der Waals surface area (Å²) in [5, 5.41) is 2.53. The van der Waals surface area contributed by atoms with Gasteiger partial charge in [-0.3, -0.25) is 4.79 Å². The topological polar surface area (TPSA) is 47.6 Å². The number of carbonyl (C=O) groups excluding carboxylic acids is 1. The number of nitrogens with one attached hydrogen (secondary N) is 1. The van der Waals surface area contributed by atoms with E-state index in [4.69, 9.17) is 4.74 Å². The van der Waals surface area contributed by atoms with Crippen LogP contribution >= 0.6 is 0 Å². The van der Waals surface area contributed by atoms with E-state index >= 15 is 0 Å². The zero-order valence-corrected chi connectivity index (χ0v) is 12.7. The van der Waals surface area contributed by atoms with Gasteiger partial charge in [0.25, 0.3) is 0 Å². The molecule has 0 bridgehead atoms. The van der Waals surface area contributed by atoms with Crippen LogP contribution in [0.15, 0.2) is 48.5 Å². The summed E-state index contributed by atoms with van der Waals surface area (Å²) in [6.45, 7) is -2.28. The number of halogens is 2. The van der Waals surface area contributed by atoms with E-state index in [1.807, 2.05) is 18.2 Å². The Balaban J connectivity index is 1.67.